The fourth-order valence-corrected chi connectivity index (χ4v) is 4.58. The molecule has 104 valence electrons. The van der Waals surface area contributed by atoms with E-state index in [1.54, 1.807) is 0 Å². The second-order valence-corrected chi connectivity index (χ2v) is 7.97. The van der Waals surface area contributed by atoms with E-state index in [9.17, 15) is 0 Å². The van der Waals surface area contributed by atoms with E-state index < -0.39 is 0 Å². The molecule has 0 aromatic rings. The Hall–Kier alpha value is -0.120. The molecule has 3 nitrogen and oxygen atoms in total. The summed E-state index contributed by atoms with van der Waals surface area (Å²) in [5.74, 6) is 0. The van der Waals surface area contributed by atoms with Gasteiger partial charge in [-0.3, -0.25) is 4.90 Å². The van der Waals surface area contributed by atoms with Crippen LogP contribution < -0.4 is 5.32 Å². The van der Waals surface area contributed by atoms with Crippen LogP contribution in [0.1, 0.15) is 53.4 Å². The lowest BCUT2D eigenvalue weighted by Gasteiger charge is -2.49. The van der Waals surface area contributed by atoms with Crippen molar-refractivity contribution in [2.45, 2.75) is 76.2 Å². The summed E-state index contributed by atoms with van der Waals surface area (Å²) in [4.78, 5) is 2.63. The van der Waals surface area contributed by atoms with E-state index in [0.29, 0.717) is 5.54 Å². The van der Waals surface area contributed by atoms with Gasteiger partial charge in [-0.05, 0) is 53.4 Å². The molecule has 3 fully saturated rings. The molecule has 0 amide bonds. The van der Waals surface area contributed by atoms with Crippen LogP contribution in [0.4, 0.5) is 0 Å². The van der Waals surface area contributed by atoms with Crippen LogP contribution in [0.15, 0.2) is 0 Å². The Morgan fingerprint density at radius 1 is 1.06 bits per heavy atom. The van der Waals surface area contributed by atoms with Crippen LogP contribution in [0.2, 0.25) is 0 Å². The summed E-state index contributed by atoms with van der Waals surface area (Å²) in [6.07, 6.45) is 5.51. The smallest absolute Gasteiger partial charge is 0.0760 e. The summed E-state index contributed by atoms with van der Waals surface area (Å²) >= 11 is 0. The molecule has 3 aliphatic rings. The third-order valence-corrected chi connectivity index (χ3v) is 4.74. The Balaban J connectivity index is 1.69. The molecule has 0 atom stereocenters. The minimum Gasteiger partial charge on any atom is -0.367 e. The van der Waals surface area contributed by atoms with Gasteiger partial charge >= 0.3 is 0 Å². The Morgan fingerprint density at radius 3 is 2.06 bits per heavy atom. The molecule has 3 aliphatic heterocycles. The van der Waals surface area contributed by atoms with Crippen LogP contribution in [0, 0.1) is 0 Å². The van der Waals surface area contributed by atoms with Crippen LogP contribution in [0.25, 0.3) is 0 Å². The first-order valence-electron chi connectivity index (χ1n) is 7.48. The van der Waals surface area contributed by atoms with Crippen molar-refractivity contribution >= 4 is 0 Å². The Morgan fingerprint density at radius 2 is 1.61 bits per heavy atom. The zero-order valence-electron chi connectivity index (χ0n) is 12.4. The SMILES string of the molecule is CC1(C)CN(CC23CCC(CC2)N3)CC(C)(C)O1. The highest BCUT2D eigenvalue weighted by atomic mass is 16.5. The molecule has 0 saturated carbocycles. The van der Waals surface area contributed by atoms with Crippen molar-refractivity contribution in [3.05, 3.63) is 0 Å². The fourth-order valence-electron chi connectivity index (χ4n) is 4.58. The first-order chi connectivity index (χ1) is 8.28. The van der Waals surface area contributed by atoms with Crippen LogP contribution in [0.5, 0.6) is 0 Å². The van der Waals surface area contributed by atoms with Crippen LogP contribution in [-0.2, 0) is 4.74 Å². The minimum atomic E-state index is -0.0188. The quantitative estimate of drug-likeness (QED) is 0.815. The average molecular weight is 252 g/mol. The predicted octanol–water partition coefficient (Wildman–Crippen LogP) is 2.16. The molecule has 2 bridgehead atoms. The normalized spacial score (nSPS) is 42.3. The van der Waals surface area contributed by atoms with Crippen LogP contribution in [0.3, 0.4) is 0 Å². The molecular formula is C15H28N2O. The summed E-state index contributed by atoms with van der Waals surface area (Å²) in [7, 11) is 0. The summed E-state index contributed by atoms with van der Waals surface area (Å²) in [5.41, 5.74) is 0.387. The first-order valence-corrected chi connectivity index (χ1v) is 7.48. The molecule has 3 saturated heterocycles. The number of rotatable bonds is 2. The number of nitrogens with one attached hydrogen (secondary N) is 1. The lowest BCUT2D eigenvalue weighted by Crippen LogP contribution is -2.60. The van der Waals surface area contributed by atoms with Gasteiger partial charge in [-0.2, -0.15) is 0 Å². The standard InChI is InChI=1S/C15H28N2O/c1-13(2)9-17(10-14(3,4)18-13)11-15-7-5-12(16-15)6-8-15/h12,16H,5-11H2,1-4H3. The number of ether oxygens (including phenoxy) is 1. The predicted molar refractivity (Wildman–Crippen MR) is 73.8 cm³/mol. The van der Waals surface area contributed by atoms with E-state index in [-0.39, 0.29) is 11.2 Å². The molecule has 3 heterocycles. The Kier molecular flexibility index (Phi) is 2.82. The number of hydrogen-bond acceptors (Lipinski definition) is 3. The second kappa shape index (κ2) is 3.94. The third-order valence-electron chi connectivity index (χ3n) is 4.74. The van der Waals surface area contributed by atoms with Gasteiger partial charge in [0.25, 0.3) is 0 Å². The highest BCUT2D eigenvalue weighted by molar-refractivity contribution is 5.07. The number of hydrogen-bond donors (Lipinski definition) is 1. The average Bonchev–Trinajstić information content (AvgIpc) is 2.70. The molecule has 0 radical (unpaired) electrons. The molecule has 0 aromatic heterocycles. The van der Waals surface area contributed by atoms with Crippen LogP contribution >= 0.6 is 0 Å². The first kappa shape index (κ1) is 12.9. The van der Waals surface area contributed by atoms with Gasteiger partial charge in [-0.1, -0.05) is 0 Å². The summed E-state index contributed by atoms with van der Waals surface area (Å²) in [5, 5.41) is 3.86. The lowest BCUT2D eigenvalue weighted by molar-refractivity contribution is -0.182. The van der Waals surface area contributed by atoms with Gasteiger partial charge < -0.3 is 10.1 Å². The van der Waals surface area contributed by atoms with E-state index in [1.165, 1.54) is 32.2 Å². The van der Waals surface area contributed by atoms with Gasteiger partial charge in [0.2, 0.25) is 0 Å². The van der Waals surface area contributed by atoms with E-state index in [0.717, 1.165) is 19.1 Å². The maximum atomic E-state index is 6.17. The number of fused-ring (bicyclic) bond motifs is 2. The Bertz CT molecular complexity index is 313. The maximum Gasteiger partial charge on any atom is 0.0760 e. The topological polar surface area (TPSA) is 24.5 Å². The highest BCUT2D eigenvalue weighted by Crippen LogP contribution is 2.39. The molecule has 0 spiro atoms. The van der Waals surface area contributed by atoms with Crippen molar-refractivity contribution in [3.8, 4) is 0 Å². The minimum absolute atomic E-state index is 0.0188. The molecular weight excluding hydrogens is 224 g/mol. The Labute approximate surface area is 111 Å². The van der Waals surface area contributed by atoms with Crippen molar-refractivity contribution < 1.29 is 4.74 Å². The van der Waals surface area contributed by atoms with Crippen molar-refractivity contribution in [2.24, 2.45) is 0 Å². The molecule has 3 heteroatoms. The van der Waals surface area contributed by atoms with Gasteiger partial charge in [0, 0.05) is 31.2 Å². The number of morpholine rings is 1. The van der Waals surface area contributed by atoms with Crippen molar-refractivity contribution in [2.75, 3.05) is 19.6 Å². The monoisotopic (exact) mass is 252 g/mol. The van der Waals surface area contributed by atoms with Crippen molar-refractivity contribution in [3.63, 3.8) is 0 Å². The molecule has 0 aliphatic carbocycles. The molecule has 0 aromatic carbocycles. The van der Waals surface area contributed by atoms with E-state index in [2.05, 4.69) is 37.9 Å². The summed E-state index contributed by atoms with van der Waals surface area (Å²) in [6.45, 7) is 12.2. The van der Waals surface area contributed by atoms with Crippen molar-refractivity contribution in [1.82, 2.24) is 10.2 Å². The highest BCUT2D eigenvalue weighted by Gasteiger charge is 2.47. The largest absolute Gasteiger partial charge is 0.367 e. The fraction of sp³-hybridized carbons (Fsp3) is 1.00. The number of nitrogens with zero attached hydrogens (tertiary/aromatic N) is 1. The van der Waals surface area contributed by atoms with Crippen LogP contribution in [-0.4, -0.2) is 47.3 Å². The molecule has 18 heavy (non-hydrogen) atoms. The zero-order chi connectivity index (χ0) is 13.0. The van der Waals surface area contributed by atoms with Gasteiger partial charge in [-0.15, -0.1) is 0 Å². The maximum absolute atomic E-state index is 6.17. The lowest BCUT2D eigenvalue weighted by atomic mass is 9.86. The second-order valence-electron chi connectivity index (χ2n) is 7.97. The van der Waals surface area contributed by atoms with Gasteiger partial charge in [0.1, 0.15) is 0 Å². The van der Waals surface area contributed by atoms with Crippen molar-refractivity contribution in [1.29, 1.82) is 0 Å². The molecule has 0 unspecified atom stereocenters. The summed E-state index contributed by atoms with van der Waals surface area (Å²) in [6, 6.07) is 0.812. The van der Waals surface area contributed by atoms with Gasteiger partial charge in [0.05, 0.1) is 11.2 Å². The van der Waals surface area contributed by atoms with Gasteiger partial charge in [-0.25, -0.2) is 0 Å². The van der Waals surface area contributed by atoms with E-state index >= 15 is 0 Å². The van der Waals surface area contributed by atoms with E-state index in [1.807, 2.05) is 0 Å². The third kappa shape index (κ3) is 2.45. The molecule has 1 N–H and O–H groups in total. The van der Waals surface area contributed by atoms with Gasteiger partial charge in [0.15, 0.2) is 0 Å². The van der Waals surface area contributed by atoms with E-state index in [4.69, 9.17) is 4.74 Å². The zero-order valence-corrected chi connectivity index (χ0v) is 12.4. The molecule has 3 rings (SSSR count). The summed E-state index contributed by atoms with van der Waals surface area (Å²) < 4.78 is 6.17.